The fourth-order valence-electron chi connectivity index (χ4n) is 1.74. The number of phenolic OH excluding ortho intramolecular Hbond substituents is 1. The molecule has 0 spiro atoms. The number of amides is 2. The smallest absolute Gasteiger partial charge is 0.256 e. The summed E-state index contributed by atoms with van der Waals surface area (Å²) in [6.45, 7) is -0.391. The van der Waals surface area contributed by atoms with Gasteiger partial charge in [0.25, 0.3) is 5.91 Å². The van der Waals surface area contributed by atoms with E-state index in [1.54, 1.807) is 12.1 Å². The van der Waals surface area contributed by atoms with Crippen LogP contribution in [0.15, 0.2) is 42.5 Å². The lowest BCUT2D eigenvalue weighted by atomic mass is 10.2. The summed E-state index contributed by atoms with van der Waals surface area (Å²) in [4.78, 5) is 23.6. The van der Waals surface area contributed by atoms with Gasteiger partial charge in [-0.05, 0) is 24.3 Å². The topological polar surface area (TPSA) is 78.4 Å². The van der Waals surface area contributed by atoms with Gasteiger partial charge in [-0.15, -0.1) is 0 Å². The highest BCUT2D eigenvalue weighted by atomic mass is 35.5. The molecule has 2 amide bonds. The number of rotatable bonds is 4. The van der Waals surface area contributed by atoms with Crippen LogP contribution in [0, 0.1) is 5.82 Å². The van der Waals surface area contributed by atoms with E-state index in [9.17, 15) is 19.1 Å². The number of halogens is 2. The van der Waals surface area contributed by atoms with Gasteiger partial charge in [0.05, 0.1) is 22.8 Å². The molecule has 0 saturated carbocycles. The molecule has 0 radical (unpaired) electrons. The van der Waals surface area contributed by atoms with Gasteiger partial charge < -0.3 is 15.7 Å². The third kappa shape index (κ3) is 3.73. The highest BCUT2D eigenvalue weighted by Crippen LogP contribution is 2.21. The van der Waals surface area contributed by atoms with Crippen LogP contribution in [0.3, 0.4) is 0 Å². The minimum Gasteiger partial charge on any atom is -0.506 e. The van der Waals surface area contributed by atoms with Crippen molar-refractivity contribution in [2.75, 3.05) is 11.9 Å². The van der Waals surface area contributed by atoms with Gasteiger partial charge in [-0.25, -0.2) is 4.39 Å². The van der Waals surface area contributed by atoms with Crippen molar-refractivity contribution < 1.29 is 19.1 Å². The maximum absolute atomic E-state index is 13.5. The number of hydrogen-bond acceptors (Lipinski definition) is 3. The van der Waals surface area contributed by atoms with E-state index in [0.29, 0.717) is 0 Å². The first-order valence-corrected chi connectivity index (χ1v) is 6.67. The molecule has 0 bridgehead atoms. The molecule has 0 aliphatic rings. The molecule has 0 aliphatic heterocycles. The molecule has 0 fully saturated rings. The number of para-hydroxylation sites is 2. The van der Waals surface area contributed by atoms with E-state index in [2.05, 4.69) is 10.6 Å². The molecule has 0 atom stereocenters. The third-order valence-electron chi connectivity index (χ3n) is 2.78. The lowest BCUT2D eigenvalue weighted by Gasteiger charge is -2.09. The number of phenols is 1. The summed E-state index contributed by atoms with van der Waals surface area (Å²) in [7, 11) is 0. The fourth-order valence-corrected chi connectivity index (χ4v) is 1.99. The summed E-state index contributed by atoms with van der Waals surface area (Å²) in [6.07, 6.45) is 0. The Labute approximate surface area is 130 Å². The number of hydrogen-bond donors (Lipinski definition) is 3. The second kappa shape index (κ2) is 6.91. The number of aromatic hydroxyl groups is 1. The Balaban J connectivity index is 1.97. The summed E-state index contributed by atoms with van der Waals surface area (Å²) >= 11 is 5.76. The second-order valence-electron chi connectivity index (χ2n) is 4.34. The number of benzene rings is 2. The van der Waals surface area contributed by atoms with Crippen LogP contribution in [-0.4, -0.2) is 23.5 Å². The SMILES string of the molecule is O=C(CNC(=O)c1c(F)cccc1Cl)Nc1ccccc1O. The van der Waals surface area contributed by atoms with Gasteiger partial charge in [-0.1, -0.05) is 29.8 Å². The molecular weight excluding hydrogens is 311 g/mol. The van der Waals surface area contributed by atoms with Crippen molar-refractivity contribution in [2.45, 2.75) is 0 Å². The molecule has 5 nitrogen and oxygen atoms in total. The van der Waals surface area contributed by atoms with E-state index >= 15 is 0 Å². The normalized spacial score (nSPS) is 10.1. The zero-order valence-corrected chi connectivity index (χ0v) is 12.0. The quantitative estimate of drug-likeness (QED) is 0.757. The van der Waals surface area contributed by atoms with Gasteiger partial charge in [-0.2, -0.15) is 0 Å². The molecule has 0 aliphatic carbocycles. The van der Waals surface area contributed by atoms with Gasteiger partial charge in [0.2, 0.25) is 5.91 Å². The average Bonchev–Trinajstić information content (AvgIpc) is 2.47. The Morgan fingerprint density at radius 2 is 1.86 bits per heavy atom. The molecule has 0 aromatic heterocycles. The molecule has 0 unspecified atom stereocenters. The zero-order valence-electron chi connectivity index (χ0n) is 11.3. The van der Waals surface area contributed by atoms with Crippen LogP contribution in [0.2, 0.25) is 5.02 Å². The Morgan fingerprint density at radius 3 is 2.55 bits per heavy atom. The van der Waals surface area contributed by atoms with Crippen LogP contribution in [0.1, 0.15) is 10.4 Å². The molecule has 0 heterocycles. The van der Waals surface area contributed by atoms with Crippen molar-refractivity contribution in [2.24, 2.45) is 0 Å². The van der Waals surface area contributed by atoms with Crippen LogP contribution in [0.5, 0.6) is 5.75 Å². The van der Waals surface area contributed by atoms with Crippen LogP contribution in [0.25, 0.3) is 0 Å². The summed E-state index contributed by atoms with van der Waals surface area (Å²) in [5.41, 5.74) is -0.106. The summed E-state index contributed by atoms with van der Waals surface area (Å²) in [6, 6.07) is 10.00. The molecular formula is C15H12ClFN2O3. The lowest BCUT2D eigenvalue weighted by molar-refractivity contribution is -0.115. The molecule has 7 heteroatoms. The highest BCUT2D eigenvalue weighted by molar-refractivity contribution is 6.33. The number of nitrogens with one attached hydrogen (secondary N) is 2. The first kappa shape index (κ1) is 15.8. The van der Waals surface area contributed by atoms with E-state index in [1.807, 2.05) is 0 Å². The molecule has 2 aromatic carbocycles. The zero-order chi connectivity index (χ0) is 16.1. The molecule has 3 N–H and O–H groups in total. The first-order valence-electron chi connectivity index (χ1n) is 6.29. The minimum absolute atomic E-state index is 0.0430. The van der Waals surface area contributed by atoms with E-state index in [1.165, 1.54) is 24.3 Å². The third-order valence-corrected chi connectivity index (χ3v) is 3.09. The van der Waals surface area contributed by atoms with Crippen molar-refractivity contribution >= 4 is 29.1 Å². The van der Waals surface area contributed by atoms with Crippen LogP contribution >= 0.6 is 11.6 Å². The highest BCUT2D eigenvalue weighted by Gasteiger charge is 2.16. The van der Waals surface area contributed by atoms with E-state index in [0.717, 1.165) is 6.07 Å². The van der Waals surface area contributed by atoms with Crippen LogP contribution in [0.4, 0.5) is 10.1 Å². The van der Waals surface area contributed by atoms with E-state index in [4.69, 9.17) is 11.6 Å². The van der Waals surface area contributed by atoms with E-state index < -0.39 is 24.2 Å². The predicted octanol–water partition coefficient (Wildman–Crippen LogP) is 2.55. The van der Waals surface area contributed by atoms with Crippen molar-refractivity contribution in [1.82, 2.24) is 5.32 Å². The maximum Gasteiger partial charge on any atom is 0.256 e. The Bertz CT molecular complexity index is 701. The number of carbonyl (C=O) groups is 2. The van der Waals surface area contributed by atoms with E-state index in [-0.39, 0.29) is 22.0 Å². The molecule has 22 heavy (non-hydrogen) atoms. The van der Waals surface area contributed by atoms with Gasteiger partial charge in [0.15, 0.2) is 0 Å². The van der Waals surface area contributed by atoms with Gasteiger partial charge in [-0.3, -0.25) is 9.59 Å². The molecule has 2 rings (SSSR count). The first-order chi connectivity index (χ1) is 10.5. The lowest BCUT2D eigenvalue weighted by Crippen LogP contribution is -2.33. The van der Waals surface area contributed by atoms with Crippen LogP contribution < -0.4 is 10.6 Å². The van der Waals surface area contributed by atoms with Crippen molar-refractivity contribution in [1.29, 1.82) is 0 Å². The maximum atomic E-state index is 13.5. The second-order valence-corrected chi connectivity index (χ2v) is 4.75. The summed E-state index contributed by atoms with van der Waals surface area (Å²) < 4.78 is 13.5. The molecule has 2 aromatic rings. The number of carbonyl (C=O) groups excluding carboxylic acids is 2. The van der Waals surface area contributed by atoms with Crippen molar-refractivity contribution in [3.05, 3.63) is 58.9 Å². The largest absolute Gasteiger partial charge is 0.506 e. The Kier molecular flexibility index (Phi) is 4.95. The molecule has 0 saturated heterocycles. The van der Waals surface area contributed by atoms with Crippen LogP contribution in [-0.2, 0) is 4.79 Å². The monoisotopic (exact) mass is 322 g/mol. The minimum atomic E-state index is -0.796. The molecule has 114 valence electrons. The van der Waals surface area contributed by atoms with Crippen molar-refractivity contribution in [3.8, 4) is 5.75 Å². The number of anilines is 1. The Morgan fingerprint density at radius 1 is 1.14 bits per heavy atom. The predicted molar refractivity (Wildman–Crippen MR) is 80.5 cm³/mol. The van der Waals surface area contributed by atoms with Gasteiger partial charge in [0.1, 0.15) is 11.6 Å². The van der Waals surface area contributed by atoms with Gasteiger partial charge in [0, 0.05) is 0 Å². The van der Waals surface area contributed by atoms with Crippen molar-refractivity contribution in [3.63, 3.8) is 0 Å². The fraction of sp³-hybridized carbons (Fsp3) is 0.0667. The summed E-state index contributed by atoms with van der Waals surface area (Å²) in [5.74, 6) is -2.23. The Hall–Kier alpha value is -2.60. The average molecular weight is 323 g/mol. The summed E-state index contributed by atoms with van der Waals surface area (Å²) in [5, 5.41) is 14.2. The standard InChI is InChI=1S/C15H12ClFN2O3/c16-9-4-3-5-10(17)14(9)15(22)18-8-13(21)19-11-6-1-2-7-12(11)20/h1-7,20H,8H2,(H,18,22)(H,19,21). The van der Waals surface area contributed by atoms with Gasteiger partial charge >= 0.3 is 0 Å².